The predicted molar refractivity (Wildman–Crippen MR) is 101 cm³/mol. The van der Waals surface area contributed by atoms with Gasteiger partial charge in [0.2, 0.25) is 0 Å². The van der Waals surface area contributed by atoms with Gasteiger partial charge in [-0.25, -0.2) is 18.5 Å². The van der Waals surface area contributed by atoms with Gasteiger partial charge in [0.15, 0.2) is 0 Å². The van der Waals surface area contributed by atoms with Crippen molar-refractivity contribution in [3.63, 3.8) is 0 Å². The summed E-state index contributed by atoms with van der Waals surface area (Å²) in [6.45, 7) is 2.18. The van der Waals surface area contributed by atoms with Crippen LogP contribution in [0.3, 0.4) is 0 Å². The highest BCUT2D eigenvalue weighted by Crippen LogP contribution is 2.66. The molecule has 15 nitrogen and oxygen atoms in total. The molecule has 6 atom stereocenters. The minimum absolute atomic E-state index is 0.567. The van der Waals surface area contributed by atoms with E-state index in [0.29, 0.717) is 0 Å². The minimum atomic E-state index is -5.69. The van der Waals surface area contributed by atoms with Gasteiger partial charge >= 0.3 is 29.2 Å². The smallest absolute Gasteiger partial charge is 0.348 e. The van der Waals surface area contributed by atoms with E-state index in [2.05, 4.69) is 19.1 Å². The Balaban J connectivity index is 2.21. The fourth-order valence-electron chi connectivity index (χ4n) is 3.08. The van der Waals surface area contributed by atoms with E-state index in [-0.39, 0.29) is 0 Å². The number of hydrogen-bond acceptors (Lipinski definition) is 9. The quantitative estimate of drug-likeness (QED) is 0.233. The zero-order valence-electron chi connectivity index (χ0n) is 15.9. The number of H-pyrrole nitrogens is 1. The van der Waals surface area contributed by atoms with Crippen molar-refractivity contribution in [2.45, 2.75) is 25.7 Å². The van der Waals surface area contributed by atoms with Crippen molar-refractivity contribution < 1.29 is 51.2 Å². The lowest BCUT2D eigenvalue weighted by Gasteiger charge is -2.28. The van der Waals surface area contributed by atoms with Gasteiger partial charge in [-0.05, 0) is 6.92 Å². The molecule has 1 aliphatic heterocycles. The predicted octanol–water partition coefficient (Wildman–Crippen LogP) is 0.0529. The first-order valence-corrected chi connectivity index (χ1v) is 12.7. The number of aromatic nitrogens is 2. The van der Waals surface area contributed by atoms with Crippen LogP contribution >= 0.6 is 23.5 Å². The number of ether oxygens (including phenoxy) is 1. The number of nitrogens with one attached hydrogen (secondary N) is 1. The van der Waals surface area contributed by atoms with Crippen LogP contribution in [0.2, 0.25) is 0 Å². The SMILES string of the molecule is C#CC1[C@H](C)[C@H](n2ccc(=O)[nH]c2=O)O[C@]1(C)COP(=O)(O)OP(=O)(O)OP(=O)(O)O. The number of phosphoric acid groups is 3. The van der Waals surface area contributed by atoms with Crippen LogP contribution in [0, 0.1) is 24.2 Å². The third-order valence-corrected chi connectivity index (χ3v) is 8.04. The number of hydrogen-bond donors (Lipinski definition) is 5. The van der Waals surface area contributed by atoms with Gasteiger partial charge < -0.3 is 24.3 Å². The Morgan fingerprint density at radius 2 is 1.84 bits per heavy atom. The average molecular weight is 504 g/mol. The Kier molecular flexibility index (Phi) is 7.39. The highest BCUT2D eigenvalue weighted by Gasteiger charge is 2.52. The Bertz CT molecular complexity index is 1130. The number of aromatic amines is 1. The van der Waals surface area contributed by atoms with Crippen molar-refractivity contribution in [2.24, 2.45) is 11.8 Å². The topological polar surface area (TPSA) is 224 Å². The molecule has 1 aliphatic rings. The van der Waals surface area contributed by atoms with Crippen LogP contribution in [-0.4, -0.2) is 41.3 Å². The van der Waals surface area contributed by atoms with Gasteiger partial charge in [-0.1, -0.05) is 12.8 Å². The molecule has 18 heteroatoms. The second kappa shape index (κ2) is 8.86. The van der Waals surface area contributed by atoms with Crippen LogP contribution in [-0.2, 0) is 31.6 Å². The lowest BCUT2D eigenvalue weighted by atomic mass is 9.83. The molecule has 1 saturated heterocycles. The van der Waals surface area contributed by atoms with E-state index >= 15 is 0 Å². The summed E-state index contributed by atoms with van der Waals surface area (Å²) >= 11 is 0. The molecule has 0 bridgehead atoms. The first-order chi connectivity index (χ1) is 14.0. The molecule has 2 rings (SSSR count). The molecule has 174 valence electrons. The summed E-state index contributed by atoms with van der Waals surface area (Å²) in [7, 11) is -16.6. The molecule has 0 aromatic carbocycles. The van der Waals surface area contributed by atoms with E-state index in [1.54, 1.807) is 6.92 Å². The second-order valence-corrected chi connectivity index (χ2v) is 11.1. The molecule has 0 radical (unpaired) electrons. The first kappa shape index (κ1) is 25.9. The number of terminal acetylenes is 1. The number of phosphoric ester groups is 1. The molecular weight excluding hydrogens is 485 g/mol. The molecule has 1 aromatic heterocycles. The van der Waals surface area contributed by atoms with E-state index in [0.717, 1.165) is 10.6 Å². The van der Waals surface area contributed by atoms with Gasteiger partial charge in [-0.15, -0.1) is 6.42 Å². The van der Waals surface area contributed by atoms with Gasteiger partial charge in [0.25, 0.3) is 5.56 Å². The molecule has 1 aromatic rings. The van der Waals surface area contributed by atoms with Gasteiger partial charge in [-0.3, -0.25) is 18.9 Å². The molecular formula is C13H19N2O13P3. The number of nitrogens with zero attached hydrogens (tertiary/aromatic N) is 1. The largest absolute Gasteiger partial charge is 0.490 e. The van der Waals surface area contributed by atoms with E-state index < -0.39 is 65.0 Å². The van der Waals surface area contributed by atoms with Crippen molar-refractivity contribution in [3.05, 3.63) is 33.1 Å². The van der Waals surface area contributed by atoms with Gasteiger partial charge in [0.05, 0.1) is 12.5 Å². The van der Waals surface area contributed by atoms with Crippen LogP contribution in [0.1, 0.15) is 20.1 Å². The highest BCUT2D eigenvalue weighted by molar-refractivity contribution is 7.66. The molecule has 0 amide bonds. The Morgan fingerprint density at radius 1 is 1.23 bits per heavy atom. The molecule has 0 aliphatic carbocycles. The molecule has 3 unspecified atom stereocenters. The molecule has 0 spiro atoms. The standard InChI is InChI=1S/C13H19N2O13P3/c1-4-9-8(2)11(15-6-5-10(16)14-12(15)17)26-13(9,3)7-25-30(21,22)28-31(23,24)27-29(18,19)20/h1,5-6,8-9,11H,7H2,2-3H3,(H,21,22)(H,23,24)(H,14,16,17)(H2,18,19,20)/t8-,9?,11+,13+/m0/s1. The fraction of sp³-hybridized carbons (Fsp3) is 0.538. The first-order valence-electron chi connectivity index (χ1n) is 8.22. The fourth-order valence-corrected chi connectivity index (χ4v) is 6.19. The van der Waals surface area contributed by atoms with Crippen molar-refractivity contribution in [1.82, 2.24) is 9.55 Å². The Morgan fingerprint density at radius 3 is 2.35 bits per heavy atom. The average Bonchev–Trinajstić information content (AvgIpc) is 2.81. The highest BCUT2D eigenvalue weighted by atomic mass is 31.3. The molecule has 5 N–H and O–H groups in total. The van der Waals surface area contributed by atoms with Crippen LogP contribution in [0.25, 0.3) is 0 Å². The van der Waals surface area contributed by atoms with Gasteiger partial charge in [-0.2, -0.15) is 8.62 Å². The maximum absolute atomic E-state index is 12.1. The van der Waals surface area contributed by atoms with Crippen molar-refractivity contribution in [1.29, 1.82) is 0 Å². The lowest BCUT2D eigenvalue weighted by molar-refractivity contribution is -0.0968. The van der Waals surface area contributed by atoms with Crippen molar-refractivity contribution in [2.75, 3.05) is 6.61 Å². The summed E-state index contributed by atoms with van der Waals surface area (Å²) in [6.07, 6.45) is 5.68. The summed E-state index contributed by atoms with van der Waals surface area (Å²) in [5.41, 5.74) is -2.97. The third kappa shape index (κ3) is 6.55. The summed E-state index contributed by atoms with van der Waals surface area (Å²) in [4.78, 5) is 61.3. The van der Waals surface area contributed by atoms with E-state index in [9.17, 15) is 33.1 Å². The lowest BCUT2D eigenvalue weighted by Crippen LogP contribution is -2.37. The normalized spacial score (nSPS) is 30.3. The van der Waals surface area contributed by atoms with Crippen LogP contribution < -0.4 is 11.2 Å². The van der Waals surface area contributed by atoms with E-state index in [1.165, 1.54) is 13.1 Å². The molecule has 1 fully saturated rings. The summed E-state index contributed by atoms with van der Waals surface area (Å²) in [5, 5.41) is 0. The third-order valence-electron chi connectivity index (χ3n) is 4.26. The zero-order valence-corrected chi connectivity index (χ0v) is 18.6. The van der Waals surface area contributed by atoms with Crippen LogP contribution in [0.15, 0.2) is 21.9 Å². The summed E-state index contributed by atoms with van der Waals surface area (Å²) in [5.74, 6) is 1.03. The van der Waals surface area contributed by atoms with E-state index in [4.69, 9.17) is 20.9 Å². The van der Waals surface area contributed by atoms with Gasteiger partial charge in [0, 0.05) is 18.2 Å². The van der Waals surface area contributed by atoms with Crippen molar-refractivity contribution in [3.8, 4) is 12.3 Å². The van der Waals surface area contributed by atoms with Crippen LogP contribution in [0.5, 0.6) is 0 Å². The van der Waals surface area contributed by atoms with Crippen LogP contribution in [0.4, 0.5) is 0 Å². The van der Waals surface area contributed by atoms with Gasteiger partial charge in [0.1, 0.15) is 11.8 Å². The van der Waals surface area contributed by atoms with E-state index in [1.807, 2.05) is 4.98 Å². The monoisotopic (exact) mass is 504 g/mol. The van der Waals surface area contributed by atoms with Crippen molar-refractivity contribution >= 4 is 23.5 Å². The summed E-state index contributed by atoms with van der Waals surface area (Å²) < 4.78 is 52.8. The number of rotatable bonds is 8. The molecule has 0 saturated carbocycles. The minimum Gasteiger partial charge on any atom is -0.348 e. The Hall–Kier alpha value is -1.39. The Labute approximate surface area is 174 Å². The maximum atomic E-state index is 12.1. The second-order valence-electron chi connectivity index (χ2n) is 6.71. The molecule has 2 heterocycles. The maximum Gasteiger partial charge on any atom is 0.490 e. The zero-order chi connectivity index (χ0) is 23.8. The summed E-state index contributed by atoms with van der Waals surface area (Å²) in [6, 6.07) is 1.07. The molecule has 31 heavy (non-hydrogen) atoms.